The Morgan fingerprint density at radius 2 is 2.06 bits per heavy atom. The zero-order valence-corrected chi connectivity index (χ0v) is 19.2. The average Bonchev–Trinajstić information content (AvgIpc) is 3.31. The van der Waals surface area contributed by atoms with Gasteiger partial charge in [0.15, 0.2) is 5.78 Å². The zero-order chi connectivity index (χ0) is 23.8. The van der Waals surface area contributed by atoms with E-state index in [-0.39, 0.29) is 31.6 Å². The molecule has 0 amide bonds. The van der Waals surface area contributed by atoms with Gasteiger partial charge >= 0.3 is 11.9 Å². The molecule has 7 atom stereocenters. The monoisotopic (exact) mass is 466 g/mol. The lowest BCUT2D eigenvalue weighted by Crippen LogP contribution is -2.64. The first kappa shape index (κ1) is 23.9. The SMILES string of the molecule is COC(=O)[C@@H]1C[C@H](OCOCCF)C(=O)[C@H]2[C@@]1(C)CC[C@H]1C(=O)O[C@H](c3ccoc3)C[C@]21C. The van der Waals surface area contributed by atoms with Gasteiger partial charge < -0.3 is 23.4 Å². The fourth-order valence-electron chi connectivity index (χ4n) is 6.55. The van der Waals surface area contributed by atoms with Crippen molar-refractivity contribution in [1.82, 2.24) is 0 Å². The van der Waals surface area contributed by atoms with Gasteiger partial charge in [-0.15, -0.1) is 0 Å². The number of esters is 2. The van der Waals surface area contributed by atoms with Crippen LogP contribution in [0.4, 0.5) is 4.39 Å². The second kappa shape index (κ2) is 9.18. The van der Waals surface area contributed by atoms with Crippen molar-refractivity contribution < 1.29 is 42.1 Å². The molecule has 0 radical (unpaired) electrons. The molecule has 1 aliphatic heterocycles. The highest BCUT2D eigenvalue weighted by atomic mass is 19.1. The molecule has 4 rings (SSSR count). The maximum absolute atomic E-state index is 13.9. The Kier molecular flexibility index (Phi) is 6.64. The molecular formula is C24H31FO8. The van der Waals surface area contributed by atoms with Gasteiger partial charge in [-0.25, -0.2) is 4.39 Å². The normalized spacial score (nSPS) is 38.2. The molecule has 3 fully saturated rings. The van der Waals surface area contributed by atoms with Crippen LogP contribution in [0.5, 0.6) is 0 Å². The second-order valence-corrected chi connectivity index (χ2v) is 9.81. The molecule has 1 aromatic heterocycles. The Balaban J connectivity index is 1.71. The van der Waals surface area contributed by atoms with Crippen LogP contribution in [0.15, 0.2) is 23.0 Å². The topological polar surface area (TPSA) is 101 Å². The Morgan fingerprint density at radius 3 is 2.73 bits per heavy atom. The van der Waals surface area contributed by atoms with Crippen LogP contribution in [0.3, 0.4) is 0 Å². The largest absolute Gasteiger partial charge is 0.472 e. The van der Waals surface area contributed by atoms with E-state index in [1.807, 2.05) is 13.8 Å². The van der Waals surface area contributed by atoms with E-state index >= 15 is 0 Å². The maximum atomic E-state index is 13.9. The summed E-state index contributed by atoms with van der Waals surface area (Å²) in [6, 6.07) is 1.75. The number of rotatable bonds is 7. The molecule has 2 saturated carbocycles. The lowest BCUT2D eigenvalue weighted by molar-refractivity contribution is -0.213. The summed E-state index contributed by atoms with van der Waals surface area (Å²) in [6.45, 7) is 2.84. The summed E-state index contributed by atoms with van der Waals surface area (Å²) in [5.74, 6) is -2.58. The maximum Gasteiger partial charge on any atom is 0.310 e. The van der Waals surface area contributed by atoms with E-state index in [2.05, 4.69) is 0 Å². The first-order chi connectivity index (χ1) is 15.8. The van der Waals surface area contributed by atoms with Crippen LogP contribution >= 0.6 is 0 Å². The average molecular weight is 467 g/mol. The summed E-state index contributed by atoms with van der Waals surface area (Å²) in [4.78, 5) is 39.8. The third-order valence-electron chi connectivity index (χ3n) is 8.08. The third kappa shape index (κ3) is 3.99. The minimum atomic E-state index is -0.910. The molecule has 33 heavy (non-hydrogen) atoms. The number of hydrogen-bond acceptors (Lipinski definition) is 8. The highest BCUT2D eigenvalue weighted by Gasteiger charge is 2.67. The van der Waals surface area contributed by atoms with Crippen LogP contribution in [0, 0.1) is 28.6 Å². The molecule has 0 aromatic carbocycles. The smallest absolute Gasteiger partial charge is 0.310 e. The number of furan rings is 1. The highest BCUT2D eigenvalue weighted by molar-refractivity contribution is 5.92. The van der Waals surface area contributed by atoms with Crippen LogP contribution in [-0.2, 0) is 33.3 Å². The van der Waals surface area contributed by atoms with Crippen molar-refractivity contribution in [2.45, 2.75) is 51.7 Å². The summed E-state index contributed by atoms with van der Waals surface area (Å²) >= 11 is 0. The van der Waals surface area contributed by atoms with Gasteiger partial charge in [0.1, 0.15) is 25.7 Å². The number of methoxy groups -OCH3 is 1. The van der Waals surface area contributed by atoms with Crippen molar-refractivity contribution >= 4 is 17.7 Å². The molecular weight excluding hydrogens is 435 g/mol. The van der Waals surface area contributed by atoms with E-state index in [0.29, 0.717) is 19.3 Å². The molecule has 1 aromatic rings. The minimum Gasteiger partial charge on any atom is -0.472 e. The number of Topliss-reactive ketones (excluding diaryl/α,β-unsaturated/α-hetero) is 1. The molecule has 0 bridgehead atoms. The van der Waals surface area contributed by atoms with Crippen LogP contribution < -0.4 is 0 Å². The van der Waals surface area contributed by atoms with Crippen LogP contribution in [0.25, 0.3) is 0 Å². The number of hydrogen-bond donors (Lipinski definition) is 0. The molecule has 2 heterocycles. The zero-order valence-electron chi connectivity index (χ0n) is 19.2. The molecule has 8 nitrogen and oxygen atoms in total. The van der Waals surface area contributed by atoms with Crippen LogP contribution in [0.1, 0.15) is 51.2 Å². The minimum absolute atomic E-state index is 0.138. The van der Waals surface area contributed by atoms with Gasteiger partial charge in [-0.05, 0) is 42.6 Å². The van der Waals surface area contributed by atoms with E-state index in [4.69, 9.17) is 23.4 Å². The van der Waals surface area contributed by atoms with Gasteiger partial charge in [0.05, 0.1) is 38.1 Å². The number of cyclic esters (lactones) is 1. The number of carbonyl (C=O) groups excluding carboxylic acids is 3. The summed E-state index contributed by atoms with van der Waals surface area (Å²) in [5.41, 5.74) is -0.723. The van der Waals surface area contributed by atoms with Crippen molar-refractivity contribution in [2.24, 2.45) is 28.6 Å². The number of alkyl halides is 1. The molecule has 182 valence electrons. The molecule has 0 unspecified atom stereocenters. The van der Waals surface area contributed by atoms with Crippen molar-refractivity contribution in [3.8, 4) is 0 Å². The molecule has 2 aliphatic carbocycles. The number of ether oxygens (including phenoxy) is 4. The van der Waals surface area contributed by atoms with E-state index < -0.39 is 53.4 Å². The first-order valence-electron chi connectivity index (χ1n) is 11.4. The van der Waals surface area contributed by atoms with Crippen LogP contribution in [-0.4, -0.2) is 51.0 Å². The van der Waals surface area contributed by atoms with Gasteiger partial charge in [0.2, 0.25) is 0 Å². The summed E-state index contributed by atoms with van der Waals surface area (Å²) in [7, 11) is 1.33. The van der Waals surface area contributed by atoms with Gasteiger partial charge in [-0.2, -0.15) is 0 Å². The number of carbonyl (C=O) groups is 3. The Morgan fingerprint density at radius 1 is 1.27 bits per heavy atom. The lowest BCUT2D eigenvalue weighted by atomic mass is 9.43. The van der Waals surface area contributed by atoms with Crippen molar-refractivity contribution in [3.63, 3.8) is 0 Å². The third-order valence-corrected chi connectivity index (χ3v) is 8.08. The quantitative estimate of drug-likeness (QED) is 0.342. The predicted octanol–water partition coefficient (Wildman–Crippen LogP) is 3.40. The van der Waals surface area contributed by atoms with Gasteiger partial charge in [0, 0.05) is 11.5 Å². The Labute approximate surface area is 192 Å². The van der Waals surface area contributed by atoms with Gasteiger partial charge in [0.25, 0.3) is 0 Å². The standard InChI is InChI=1S/C24H31FO8/c1-23-6-4-15-22(28)33-18(14-5-8-30-12-14)11-24(15,2)20(23)19(26)17(32-13-31-9-7-25)10-16(23)21(27)29-3/h5,8,12,15-18,20H,4,6-7,9-11,13H2,1-3H3/t15-,16-,17-,18-,20-,23-,24-/m0/s1. The van der Waals surface area contributed by atoms with Gasteiger partial charge in [-0.3, -0.25) is 14.4 Å². The van der Waals surface area contributed by atoms with E-state index in [1.165, 1.54) is 19.6 Å². The Bertz CT molecular complexity index is 885. The van der Waals surface area contributed by atoms with Crippen molar-refractivity contribution in [1.29, 1.82) is 0 Å². The fraction of sp³-hybridized carbons (Fsp3) is 0.708. The Hall–Kier alpha value is -2.26. The summed E-state index contributed by atoms with van der Waals surface area (Å²) in [6.07, 6.45) is 3.22. The van der Waals surface area contributed by atoms with Crippen molar-refractivity contribution in [2.75, 3.05) is 27.2 Å². The summed E-state index contributed by atoms with van der Waals surface area (Å²) < 4.78 is 39.2. The van der Waals surface area contributed by atoms with E-state index in [1.54, 1.807) is 6.07 Å². The molecule has 9 heteroatoms. The molecule has 3 aliphatic rings. The number of fused-ring (bicyclic) bond motifs is 3. The van der Waals surface area contributed by atoms with Crippen LogP contribution in [0.2, 0.25) is 0 Å². The molecule has 1 saturated heterocycles. The fourth-order valence-corrected chi connectivity index (χ4v) is 6.55. The molecule has 0 spiro atoms. The van der Waals surface area contributed by atoms with Crippen molar-refractivity contribution in [3.05, 3.63) is 24.2 Å². The second-order valence-electron chi connectivity index (χ2n) is 9.81. The number of halogens is 1. The van der Waals surface area contributed by atoms with E-state index in [0.717, 1.165) is 5.56 Å². The van der Waals surface area contributed by atoms with E-state index in [9.17, 15) is 18.8 Å². The highest BCUT2D eigenvalue weighted by Crippen LogP contribution is 2.65. The summed E-state index contributed by atoms with van der Waals surface area (Å²) in [5, 5.41) is 0. The predicted molar refractivity (Wildman–Crippen MR) is 111 cm³/mol. The lowest BCUT2D eigenvalue weighted by Gasteiger charge is -2.61. The molecule has 0 N–H and O–H groups in total. The first-order valence-corrected chi connectivity index (χ1v) is 11.4. The van der Waals surface area contributed by atoms with Gasteiger partial charge in [-0.1, -0.05) is 13.8 Å². The number of ketones is 1.